The molecular formula is C21H20F2N4O2S. The molecule has 30 heavy (non-hydrogen) atoms. The van der Waals surface area contributed by atoms with Crippen molar-refractivity contribution in [3.63, 3.8) is 0 Å². The van der Waals surface area contributed by atoms with Crippen molar-refractivity contribution < 1.29 is 18.3 Å². The molecule has 3 rings (SSSR count). The quantitative estimate of drug-likeness (QED) is 0.397. The number of amides is 1. The van der Waals surface area contributed by atoms with Gasteiger partial charge in [0, 0.05) is 12.2 Å². The van der Waals surface area contributed by atoms with Crippen LogP contribution in [0, 0.1) is 11.6 Å². The molecule has 0 aliphatic rings. The number of ether oxygens (including phenoxy) is 1. The van der Waals surface area contributed by atoms with Crippen molar-refractivity contribution in [3.8, 4) is 5.75 Å². The lowest BCUT2D eigenvalue weighted by molar-refractivity contribution is -0.113. The number of nitrogens with one attached hydrogen (secondary N) is 1. The summed E-state index contributed by atoms with van der Waals surface area (Å²) in [6.07, 6.45) is 1.09. The Kier molecular flexibility index (Phi) is 7.18. The maximum Gasteiger partial charge on any atom is 0.234 e. The van der Waals surface area contributed by atoms with Gasteiger partial charge in [-0.15, -0.1) is 16.8 Å². The largest absolute Gasteiger partial charge is 0.480 e. The van der Waals surface area contributed by atoms with E-state index in [0.29, 0.717) is 23.2 Å². The van der Waals surface area contributed by atoms with Crippen LogP contribution in [0.1, 0.15) is 18.9 Å². The van der Waals surface area contributed by atoms with Crippen LogP contribution in [0.2, 0.25) is 0 Å². The lowest BCUT2D eigenvalue weighted by Crippen LogP contribution is -2.15. The van der Waals surface area contributed by atoms with Crippen LogP contribution in [-0.2, 0) is 11.3 Å². The average Bonchev–Trinajstić information content (AvgIpc) is 3.11. The third-order valence-corrected chi connectivity index (χ3v) is 4.97. The molecule has 1 aromatic heterocycles. The van der Waals surface area contributed by atoms with Gasteiger partial charge < -0.3 is 10.1 Å². The molecule has 6 nitrogen and oxygen atoms in total. The average molecular weight is 430 g/mol. The zero-order valence-corrected chi connectivity index (χ0v) is 17.0. The molecule has 1 unspecified atom stereocenters. The maximum absolute atomic E-state index is 13.9. The van der Waals surface area contributed by atoms with Gasteiger partial charge in [0.1, 0.15) is 5.82 Å². The molecule has 0 spiro atoms. The van der Waals surface area contributed by atoms with E-state index in [4.69, 9.17) is 4.74 Å². The van der Waals surface area contributed by atoms with E-state index in [2.05, 4.69) is 22.1 Å². The van der Waals surface area contributed by atoms with Gasteiger partial charge in [0.2, 0.25) is 5.91 Å². The number of halogens is 2. The molecule has 0 bridgehead atoms. The summed E-state index contributed by atoms with van der Waals surface area (Å²) >= 11 is 1.17. The summed E-state index contributed by atoms with van der Waals surface area (Å²) in [5.41, 5.74) is 0.376. The third-order valence-electron chi connectivity index (χ3n) is 4.00. The molecular weight excluding hydrogens is 410 g/mol. The minimum Gasteiger partial charge on any atom is -0.480 e. The van der Waals surface area contributed by atoms with Gasteiger partial charge >= 0.3 is 0 Å². The Morgan fingerprint density at radius 3 is 2.80 bits per heavy atom. The third kappa shape index (κ3) is 5.44. The zero-order chi connectivity index (χ0) is 21.5. The van der Waals surface area contributed by atoms with Crippen molar-refractivity contribution in [2.75, 3.05) is 11.1 Å². The fourth-order valence-corrected chi connectivity index (χ4v) is 3.44. The molecule has 9 heteroatoms. The topological polar surface area (TPSA) is 69.0 Å². The highest BCUT2D eigenvalue weighted by molar-refractivity contribution is 7.99. The molecule has 1 atom stereocenters. The second-order valence-electron chi connectivity index (χ2n) is 6.28. The maximum atomic E-state index is 13.9. The minimum atomic E-state index is -0.579. The first kappa shape index (κ1) is 21.5. The highest BCUT2D eigenvalue weighted by Crippen LogP contribution is 2.26. The molecule has 1 N–H and O–H groups in total. The molecule has 1 amide bonds. The molecule has 0 aliphatic carbocycles. The van der Waals surface area contributed by atoms with Crippen LogP contribution in [0.25, 0.3) is 0 Å². The number of benzene rings is 2. The normalized spacial score (nSPS) is 11.7. The monoisotopic (exact) mass is 430 g/mol. The van der Waals surface area contributed by atoms with Crippen molar-refractivity contribution in [2.24, 2.45) is 0 Å². The first-order chi connectivity index (χ1) is 14.5. The van der Waals surface area contributed by atoms with E-state index in [0.717, 1.165) is 0 Å². The summed E-state index contributed by atoms with van der Waals surface area (Å²) in [5.74, 6) is -0.569. The summed E-state index contributed by atoms with van der Waals surface area (Å²) in [6.45, 7) is 5.86. The fraction of sp³-hybridized carbons (Fsp3) is 0.190. The van der Waals surface area contributed by atoms with Crippen LogP contribution < -0.4 is 10.1 Å². The first-order valence-electron chi connectivity index (χ1n) is 9.11. The van der Waals surface area contributed by atoms with E-state index in [9.17, 15) is 13.6 Å². The summed E-state index contributed by atoms with van der Waals surface area (Å²) < 4.78 is 34.6. The van der Waals surface area contributed by atoms with Gasteiger partial charge in [0.15, 0.2) is 28.7 Å². The van der Waals surface area contributed by atoms with E-state index in [1.807, 2.05) is 0 Å². The van der Waals surface area contributed by atoms with Gasteiger partial charge in [-0.1, -0.05) is 36.0 Å². The standard InChI is InChI=1S/C21H20F2N4O2S/c1-3-11-27-20(14(2)29-18-10-5-4-9-17(18)23)25-26-21(27)30-13-19(28)24-16-8-6-7-15(22)12-16/h3-10,12,14H,1,11,13H2,2H3,(H,24,28). The summed E-state index contributed by atoms with van der Waals surface area (Å²) in [4.78, 5) is 12.2. The Labute approximate surface area is 177 Å². The highest BCUT2D eigenvalue weighted by Gasteiger charge is 2.20. The SMILES string of the molecule is C=CCn1c(SCC(=O)Nc2cccc(F)c2)nnc1C(C)Oc1ccccc1F. The molecule has 0 fully saturated rings. The Morgan fingerprint density at radius 1 is 1.27 bits per heavy atom. The molecule has 0 radical (unpaired) electrons. The number of para-hydroxylation sites is 1. The van der Waals surface area contributed by atoms with Crippen LogP contribution in [0.15, 0.2) is 66.3 Å². The fourth-order valence-electron chi connectivity index (χ4n) is 2.69. The summed E-state index contributed by atoms with van der Waals surface area (Å²) in [6, 6.07) is 11.8. The second kappa shape index (κ2) is 10.0. The predicted octanol–water partition coefficient (Wildman–Crippen LogP) is 4.61. The minimum absolute atomic E-state index is 0.0499. The highest BCUT2D eigenvalue weighted by atomic mass is 32.2. The van der Waals surface area contributed by atoms with Crippen molar-refractivity contribution in [1.29, 1.82) is 0 Å². The van der Waals surface area contributed by atoms with E-state index < -0.39 is 17.7 Å². The number of anilines is 1. The van der Waals surface area contributed by atoms with Crippen LogP contribution >= 0.6 is 11.8 Å². The van der Waals surface area contributed by atoms with Gasteiger partial charge in [-0.25, -0.2) is 8.78 Å². The number of thioether (sulfide) groups is 1. The lowest BCUT2D eigenvalue weighted by Gasteiger charge is -2.16. The predicted molar refractivity (Wildman–Crippen MR) is 111 cm³/mol. The van der Waals surface area contributed by atoms with Crippen molar-refractivity contribution in [3.05, 3.63) is 78.6 Å². The molecule has 0 saturated heterocycles. The van der Waals surface area contributed by atoms with Gasteiger partial charge in [-0.3, -0.25) is 9.36 Å². The zero-order valence-electron chi connectivity index (χ0n) is 16.2. The Bertz CT molecular complexity index is 1040. The number of allylic oxidation sites excluding steroid dienone is 1. The Hall–Kier alpha value is -3.20. The molecule has 0 aliphatic heterocycles. The Morgan fingerprint density at radius 2 is 2.07 bits per heavy atom. The van der Waals surface area contributed by atoms with E-state index in [-0.39, 0.29) is 17.4 Å². The molecule has 156 valence electrons. The number of hydrogen-bond donors (Lipinski definition) is 1. The smallest absolute Gasteiger partial charge is 0.234 e. The number of aromatic nitrogens is 3. The number of nitrogens with zero attached hydrogens (tertiary/aromatic N) is 3. The van der Waals surface area contributed by atoms with E-state index >= 15 is 0 Å². The lowest BCUT2D eigenvalue weighted by atomic mass is 10.3. The number of hydrogen-bond acceptors (Lipinski definition) is 5. The van der Waals surface area contributed by atoms with Gasteiger partial charge in [-0.2, -0.15) is 0 Å². The summed E-state index contributed by atoms with van der Waals surface area (Å²) in [7, 11) is 0. The van der Waals surface area contributed by atoms with E-state index in [1.165, 1.54) is 42.1 Å². The van der Waals surface area contributed by atoms with Gasteiger partial charge in [0.05, 0.1) is 5.75 Å². The van der Waals surface area contributed by atoms with Crippen molar-refractivity contribution in [2.45, 2.75) is 24.7 Å². The van der Waals surface area contributed by atoms with Crippen LogP contribution in [-0.4, -0.2) is 26.4 Å². The molecule has 2 aromatic carbocycles. The number of carbonyl (C=O) groups excluding carboxylic acids is 1. The van der Waals surface area contributed by atoms with Crippen molar-refractivity contribution in [1.82, 2.24) is 14.8 Å². The number of carbonyl (C=O) groups is 1. The van der Waals surface area contributed by atoms with Crippen LogP contribution in [0.3, 0.4) is 0 Å². The number of rotatable bonds is 9. The van der Waals surface area contributed by atoms with Gasteiger partial charge in [0.25, 0.3) is 0 Å². The first-order valence-corrected chi connectivity index (χ1v) is 10.1. The second-order valence-corrected chi connectivity index (χ2v) is 7.22. The van der Waals surface area contributed by atoms with E-state index in [1.54, 1.807) is 35.8 Å². The van der Waals surface area contributed by atoms with Gasteiger partial charge in [-0.05, 0) is 37.3 Å². The summed E-state index contributed by atoms with van der Waals surface area (Å²) in [5, 5.41) is 11.4. The molecule has 0 saturated carbocycles. The molecule has 3 aromatic rings. The van der Waals surface area contributed by atoms with Crippen LogP contribution in [0.4, 0.5) is 14.5 Å². The van der Waals surface area contributed by atoms with Crippen molar-refractivity contribution >= 4 is 23.4 Å². The Balaban J connectivity index is 1.68. The van der Waals surface area contributed by atoms with Crippen LogP contribution in [0.5, 0.6) is 5.75 Å². The molecule has 1 heterocycles.